The highest BCUT2D eigenvalue weighted by atomic mass is 16.4. The summed E-state index contributed by atoms with van der Waals surface area (Å²) in [6.45, 7) is 0.478. The molecule has 1 heterocycles. The Morgan fingerprint density at radius 3 is 2.65 bits per heavy atom. The molecule has 0 spiro atoms. The number of carbonyl (C=O) groups is 1. The molecule has 1 aliphatic rings. The van der Waals surface area contributed by atoms with E-state index in [1.54, 1.807) is 4.68 Å². The van der Waals surface area contributed by atoms with Crippen molar-refractivity contribution in [3.8, 4) is 5.69 Å². The average Bonchev–Trinajstić information content (AvgIpc) is 2.87. The molecule has 0 bridgehead atoms. The number of carboxylic acid groups (broad SMARTS) is 1. The van der Waals surface area contributed by atoms with Gasteiger partial charge in [0.05, 0.1) is 11.4 Å². The van der Waals surface area contributed by atoms with Gasteiger partial charge >= 0.3 is 5.97 Å². The van der Waals surface area contributed by atoms with Crippen molar-refractivity contribution in [2.24, 2.45) is 0 Å². The van der Waals surface area contributed by atoms with Crippen LogP contribution in [0, 0.1) is 0 Å². The lowest BCUT2D eigenvalue weighted by atomic mass is 9.77. The molecule has 1 aromatic heterocycles. The molecule has 2 aromatic rings. The zero-order chi connectivity index (χ0) is 14.0. The lowest BCUT2D eigenvalue weighted by Crippen LogP contribution is -2.56. The van der Waals surface area contributed by atoms with Crippen LogP contribution in [0.15, 0.2) is 42.6 Å². The van der Waals surface area contributed by atoms with Crippen LogP contribution in [0.3, 0.4) is 0 Å². The highest BCUT2D eigenvalue weighted by Crippen LogP contribution is 2.32. The summed E-state index contributed by atoms with van der Waals surface area (Å²) < 4.78 is 1.80. The fourth-order valence-electron chi connectivity index (χ4n) is 2.44. The number of rotatable bonds is 5. The van der Waals surface area contributed by atoms with Gasteiger partial charge in [-0.05, 0) is 37.5 Å². The molecular formula is C15H17N3O2. The lowest BCUT2D eigenvalue weighted by molar-refractivity contribution is -0.148. The van der Waals surface area contributed by atoms with E-state index in [1.807, 2.05) is 42.6 Å². The summed E-state index contributed by atoms with van der Waals surface area (Å²) in [6, 6.07) is 11.8. The maximum Gasteiger partial charge on any atom is 0.323 e. The molecule has 1 fully saturated rings. The van der Waals surface area contributed by atoms with E-state index >= 15 is 0 Å². The van der Waals surface area contributed by atoms with Crippen molar-refractivity contribution < 1.29 is 9.90 Å². The molecule has 0 unspecified atom stereocenters. The van der Waals surface area contributed by atoms with Crippen LogP contribution in [-0.2, 0) is 11.3 Å². The number of aliphatic carboxylic acids is 1. The first kappa shape index (κ1) is 12.9. The van der Waals surface area contributed by atoms with Gasteiger partial charge in [-0.3, -0.25) is 10.1 Å². The van der Waals surface area contributed by atoms with Gasteiger partial charge in [-0.2, -0.15) is 5.10 Å². The molecular weight excluding hydrogens is 254 g/mol. The van der Waals surface area contributed by atoms with Crippen molar-refractivity contribution in [2.75, 3.05) is 0 Å². The van der Waals surface area contributed by atoms with E-state index in [0.717, 1.165) is 17.8 Å². The molecule has 5 heteroatoms. The summed E-state index contributed by atoms with van der Waals surface area (Å²) in [6.07, 6.45) is 4.25. The van der Waals surface area contributed by atoms with Crippen molar-refractivity contribution in [3.63, 3.8) is 0 Å². The SMILES string of the molecule is O=C(O)C1(NCc2ccn(-c3ccccc3)n2)CCC1. The summed E-state index contributed by atoms with van der Waals surface area (Å²) in [7, 11) is 0. The zero-order valence-corrected chi connectivity index (χ0v) is 11.1. The van der Waals surface area contributed by atoms with Crippen molar-refractivity contribution in [3.05, 3.63) is 48.3 Å². The van der Waals surface area contributed by atoms with Gasteiger partial charge in [0.2, 0.25) is 0 Å². The quantitative estimate of drug-likeness (QED) is 0.872. The van der Waals surface area contributed by atoms with E-state index in [2.05, 4.69) is 10.4 Å². The van der Waals surface area contributed by atoms with Crippen LogP contribution in [0.1, 0.15) is 25.0 Å². The Balaban J connectivity index is 1.68. The van der Waals surface area contributed by atoms with Gasteiger partial charge in [0, 0.05) is 12.7 Å². The summed E-state index contributed by atoms with van der Waals surface area (Å²) in [5, 5.41) is 16.9. The van der Waals surface area contributed by atoms with Crippen LogP contribution in [-0.4, -0.2) is 26.4 Å². The number of hydrogen-bond donors (Lipinski definition) is 2. The van der Waals surface area contributed by atoms with Gasteiger partial charge in [-0.25, -0.2) is 4.68 Å². The smallest absolute Gasteiger partial charge is 0.323 e. The third kappa shape index (κ3) is 2.32. The first-order chi connectivity index (χ1) is 9.70. The normalized spacial score (nSPS) is 16.6. The molecule has 1 saturated carbocycles. The third-order valence-electron chi connectivity index (χ3n) is 3.89. The van der Waals surface area contributed by atoms with Crippen LogP contribution in [0.5, 0.6) is 0 Å². The Morgan fingerprint density at radius 1 is 1.30 bits per heavy atom. The number of hydrogen-bond acceptors (Lipinski definition) is 3. The monoisotopic (exact) mass is 271 g/mol. The molecule has 5 nitrogen and oxygen atoms in total. The Morgan fingerprint density at radius 2 is 2.05 bits per heavy atom. The number of carboxylic acids is 1. The molecule has 0 amide bonds. The molecule has 1 aliphatic carbocycles. The summed E-state index contributed by atoms with van der Waals surface area (Å²) >= 11 is 0. The van der Waals surface area contributed by atoms with Crippen molar-refractivity contribution >= 4 is 5.97 Å². The molecule has 3 rings (SSSR count). The Bertz CT molecular complexity index is 603. The molecule has 1 aromatic carbocycles. The minimum Gasteiger partial charge on any atom is -0.480 e. The largest absolute Gasteiger partial charge is 0.480 e. The van der Waals surface area contributed by atoms with E-state index < -0.39 is 11.5 Å². The standard InChI is InChI=1S/C15H17N3O2/c19-14(20)15(8-4-9-15)16-11-12-7-10-18(17-12)13-5-2-1-3-6-13/h1-3,5-7,10,16H,4,8-9,11H2,(H,19,20). The Kier molecular flexibility index (Phi) is 3.28. The van der Waals surface area contributed by atoms with Gasteiger partial charge in [-0.15, -0.1) is 0 Å². The number of nitrogens with one attached hydrogen (secondary N) is 1. The Labute approximate surface area is 117 Å². The molecule has 0 atom stereocenters. The van der Waals surface area contributed by atoms with Crippen LogP contribution in [0.25, 0.3) is 5.69 Å². The zero-order valence-electron chi connectivity index (χ0n) is 11.1. The first-order valence-electron chi connectivity index (χ1n) is 6.78. The highest BCUT2D eigenvalue weighted by molar-refractivity contribution is 5.79. The first-order valence-corrected chi connectivity index (χ1v) is 6.78. The average molecular weight is 271 g/mol. The second kappa shape index (κ2) is 5.09. The topological polar surface area (TPSA) is 67.2 Å². The minimum atomic E-state index is -0.758. The number of benzene rings is 1. The molecule has 20 heavy (non-hydrogen) atoms. The van der Waals surface area contributed by atoms with Gasteiger partial charge in [-0.1, -0.05) is 18.2 Å². The lowest BCUT2D eigenvalue weighted by Gasteiger charge is -2.38. The second-order valence-electron chi connectivity index (χ2n) is 5.18. The highest BCUT2D eigenvalue weighted by Gasteiger charge is 2.43. The van der Waals surface area contributed by atoms with E-state index in [-0.39, 0.29) is 0 Å². The molecule has 0 aliphatic heterocycles. The fourth-order valence-corrected chi connectivity index (χ4v) is 2.44. The van der Waals surface area contributed by atoms with Gasteiger partial charge in [0.15, 0.2) is 0 Å². The number of aromatic nitrogens is 2. The van der Waals surface area contributed by atoms with Crippen LogP contribution < -0.4 is 5.32 Å². The molecule has 0 radical (unpaired) electrons. The van der Waals surface area contributed by atoms with Crippen molar-refractivity contribution in [1.82, 2.24) is 15.1 Å². The fraction of sp³-hybridized carbons (Fsp3) is 0.333. The van der Waals surface area contributed by atoms with E-state index in [9.17, 15) is 9.90 Å². The van der Waals surface area contributed by atoms with Gasteiger partial charge in [0.25, 0.3) is 0 Å². The minimum absolute atomic E-state index is 0.478. The van der Waals surface area contributed by atoms with E-state index in [1.165, 1.54) is 0 Å². The number of para-hydroxylation sites is 1. The molecule has 0 saturated heterocycles. The summed E-state index contributed by atoms with van der Waals surface area (Å²) in [5.74, 6) is -0.758. The summed E-state index contributed by atoms with van der Waals surface area (Å²) in [5.41, 5.74) is 1.10. The van der Waals surface area contributed by atoms with Crippen LogP contribution >= 0.6 is 0 Å². The van der Waals surface area contributed by atoms with E-state index in [4.69, 9.17) is 0 Å². The second-order valence-corrected chi connectivity index (χ2v) is 5.18. The molecule has 104 valence electrons. The Hall–Kier alpha value is -2.14. The van der Waals surface area contributed by atoms with E-state index in [0.29, 0.717) is 19.4 Å². The van der Waals surface area contributed by atoms with Crippen molar-refractivity contribution in [2.45, 2.75) is 31.3 Å². The summed E-state index contributed by atoms with van der Waals surface area (Å²) in [4.78, 5) is 11.3. The third-order valence-corrected chi connectivity index (χ3v) is 3.89. The maximum absolute atomic E-state index is 11.3. The molecule has 2 N–H and O–H groups in total. The van der Waals surface area contributed by atoms with Crippen molar-refractivity contribution in [1.29, 1.82) is 0 Å². The maximum atomic E-state index is 11.3. The predicted octanol–water partition coefficient (Wildman–Crippen LogP) is 1.97. The van der Waals surface area contributed by atoms with Gasteiger partial charge in [0.1, 0.15) is 5.54 Å². The van der Waals surface area contributed by atoms with Crippen LogP contribution in [0.4, 0.5) is 0 Å². The van der Waals surface area contributed by atoms with Gasteiger partial charge < -0.3 is 5.11 Å². The number of nitrogens with zero attached hydrogens (tertiary/aromatic N) is 2. The van der Waals surface area contributed by atoms with Crippen LogP contribution in [0.2, 0.25) is 0 Å². The predicted molar refractivity (Wildman–Crippen MR) is 74.6 cm³/mol.